The lowest BCUT2D eigenvalue weighted by atomic mass is 9.99. The van der Waals surface area contributed by atoms with Gasteiger partial charge in [0.1, 0.15) is 0 Å². The molecule has 6 rings (SSSR count). The molecule has 0 aliphatic carbocycles. The van der Waals surface area contributed by atoms with Gasteiger partial charge in [0.05, 0.1) is 36.5 Å². The van der Waals surface area contributed by atoms with E-state index in [0.29, 0.717) is 17.5 Å². The van der Waals surface area contributed by atoms with Crippen LogP contribution >= 0.6 is 0 Å². The van der Waals surface area contributed by atoms with Crippen molar-refractivity contribution >= 4 is 11.8 Å². The van der Waals surface area contributed by atoms with E-state index in [1.807, 2.05) is 66.7 Å². The van der Waals surface area contributed by atoms with Crippen molar-refractivity contribution in [1.29, 1.82) is 0 Å². The fourth-order valence-electron chi connectivity index (χ4n) is 5.69. The quantitative estimate of drug-likeness (QED) is 0.266. The van der Waals surface area contributed by atoms with E-state index >= 15 is 0 Å². The van der Waals surface area contributed by atoms with Gasteiger partial charge < -0.3 is 14.6 Å². The van der Waals surface area contributed by atoms with Crippen molar-refractivity contribution in [1.82, 2.24) is 9.80 Å². The van der Waals surface area contributed by atoms with Crippen LogP contribution in [0, 0.1) is 0 Å². The summed E-state index contributed by atoms with van der Waals surface area (Å²) < 4.78 is 13.0. The Kier molecular flexibility index (Phi) is 8.26. The first-order valence-electron chi connectivity index (χ1n) is 14.3. The summed E-state index contributed by atoms with van der Waals surface area (Å²) in [4.78, 5) is 29.2. The number of nitrogens with zero attached hydrogens (tertiary/aromatic N) is 2. The molecule has 1 fully saturated rings. The van der Waals surface area contributed by atoms with E-state index in [1.54, 1.807) is 24.3 Å². The molecule has 3 atom stereocenters. The number of likely N-dealkylation sites (N-methyl/N-ethyl adjacent to an activating group) is 1. The summed E-state index contributed by atoms with van der Waals surface area (Å²) in [6.07, 6.45) is -0.126. The summed E-state index contributed by atoms with van der Waals surface area (Å²) in [6, 6.07) is 32.9. The second-order valence-electron chi connectivity index (χ2n) is 11.0. The summed E-state index contributed by atoms with van der Waals surface area (Å²) >= 11 is 0. The molecule has 0 bridgehead atoms. The number of ether oxygens (including phenoxy) is 2. The molecule has 0 unspecified atom stereocenters. The molecule has 0 saturated carbocycles. The molecular weight excluding hydrogens is 528 g/mol. The Balaban J connectivity index is 1.18. The normalized spacial score (nSPS) is 20.3. The van der Waals surface area contributed by atoms with Crippen molar-refractivity contribution in [2.75, 3.05) is 13.6 Å². The molecule has 214 valence electrons. The van der Waals surface area contributed by atoms with Crippen LogP contribution in [0.2, 0.25) is 0 Å². The van der Waals surface area contributed by atoms with Gasteiger partial charge in [-0.3, -0.25) is 19.4 Å². The van der Waals surface area contributed by atoms with Crippen LogP contribution < -0.4 is 0 Å². The van der Waals surface area contributed by atoms with Gasteiger partial charge in [0, 0.05) is 25.1 Å². The second-order valence-corrected chi connectivity index (χ2v) is 11.0. The van der Waals surface area contributed by atoms with Gasteiger partial charge in [-0.25, -0.2) is 0 Å². The molecule has 7 nitrogen and oxygen atoms in total. The summed E-state index contributed by atoms with van der Waals surface area (Å²) in [5, 5.41) is 9.48. The number of hydrogen-bond acceptors (Lipinski definition) is 6. The highest BCUT2D eigenvalue weighted by Gasteiger charge is 2.35. The molecule has 2 heterocycles. The fourth-order valence-corrected chi connectivity index (χ4v) is 5.69. The number of carbonyl (C=O) groups is 2. The van der Waals surface area contributed by atoms with Crippen molar-refractivity contribution < 1.29 is 24.2 Å². The SMILES string of the molecule is CN(Cc1ccccc1)C[C@H]1C[C@@H](c2ccc(CO)cc2)O[C@@H](c2ccc(CN3C(=O)c4ccccc4C3=O)cc2)O1. The lowest BCUT2D eigenvalue weighted by Gasteiger charge is -2.38. The predicted octanol–water partition coefficient (Wildman–Crippen LogP) is 5.65. The monoisotopic (exact) mass is 562 g/mol. The highest BCUT2D eigenvalue weighted by Crippen LogP contribution is 2.38. The van der Waals surface area contributed by atoms with E-state index in [4.69, 9.17) is 9.47 Å². The second kappa shape index (κ2) is 12.4. The Morgan fingerprint density at radius 2 is 1.33 bits per heavy atom. The van der Waals surface area contributed by atoms with Crippen LogP contribution in [-0.4, -0.2) is 46.4 Å². The number of fused-ring (bicyclic) bond motifs is 1. The van der Waals surface area contributed by atoms with Crippen LogP contribution in [0.4, 0.5) is 0 Å². The number of carbonyl (C=O) groups excluding carboxylic acids is 2. The van der Waals surface area contributed by atoms with E-state index in [0.717, 1.165) is 35.3 Å². The Morgan fingerprint density at radius 3 is 1.98 bits per heavy atom. The van der Waals surface area contributed by atoms with Gasteiger partial charge in [0.15, 0.2) is 6.29 Å². The average molecular weight is 563 g/mol. The lowest BCUT2D eigenvalue weighted by molar-refractivity contribution is -0.252. The molecular formula is C35H34N2O5. The molecule has 1 saturated heterocycles. The van der Waals surface area contributed by atoms with E-state index in [-0.39, 0.29) is 37.2 Å². The third-order valence-electron chi connectivity index (χ3n) is 7.90. The van der Waals surface area contributed by atoms with Crippen LogP contribution in [0.5, 0.6) is 0 Å². The smallest absolute Gasteiger partial charge is 0.261 e. The first-order chi connectivity index (χ1) is 20.5. The minimum absolute atomic E-state index is 0.00247. The van der Waals surface area contributed by atoms with Crippen molar-refractivity contribution in [3.05, 3.63) is 142 Å². The van der Waals surface area contributed by atoms with E-state index in [1.165, 1.54) is 10.5 Å². The van der Waals surface area contributed by atoms with Crippen molar-refractivity contribution in [2.24, 2.45) is 0 Å². The number of imide groups is 1. The Labute approximate surface area is 245 Å². The fraction of sp³-hybridized carbons (Fsp3) is 0.257. The standard InChI is InChI=1S/C35H34N2O5/c1-36(20-24-7-3-2-4-8-24)22-29-19-32(27-15-13-26(23-38)14-16-27)42-35(41-29)28-17-11-25(12-18-28)21-37-33(39)30-9-5-6-10-31(30)34(37)40/h2-18,29,32,35,38H,19-23H2,1H3/t29-,32+,35+/m1/s1. The van der Waals surface area contributed by atoms with Crippen LogP contribution in [0.1, 0.15) is 67.3 Å². The van der Waals surface area contributed by atoms with Gasteiger partial charge in [-0.1, -0.05) is 91.0 Å². The molecule has 1 N–H and O–H groups in total. The first kappa shape index (κ1) is 28.0. The molecule has 2 aliphatic heterocycles. The molecule has 4 aromatic rings. The highest BCUT2D eigenvalue weighted by molar-refractivity contribution is 6.21. The number of aliphatic hydroxyl groups excluding tert-OH is 1. The molecule has 42 heavy (non-hydrogen) atoms. The van der Waals surface area contributed by atoms with Crippen LogP contribution in [0.3, 0.4) is 0 Å². The van der Waals surface area contributed by atoms with E-state index < -0.39 is 6.29 Å². The molecule has 4 aromatic carbocycles. The van der Waals surface area contributed by atoms with Gasteiger partial charge in [0.2, 0.25) is 0 Å². The van der Waals surface area contributed by atoms with Crippen LogP contribution in [0.25, 0.3) is 0 Å². The number of benzene rings is 4. The third-order valence-corrected chi connectivity index (χ3v) is 7.90. The third kappa shape index (κ3) is 6.05. The van der Waals surface area contributed by atoms with Crippen molar-refractivity contribution in [3.8, 4) is 0 Å². The maximum absolute atomic E-state index is 12.8. The zero-order valence-corrected chi connectivity index (χ0v) is 23.6. The number of aliphatic hydroxyl groups is 1. The topological polar surface area (TPSA) is 79.3 Å². The molecule has 0 spiro atoms. The first-order valence-corrected chi connectivity index (χ1v) is 14.3. The lowest BCUT2D eigenvalue weighted by Crippen LogP contribution is -2.37. The van der Waals surface area contributed by atoms with Crippen molar-refractivity contribution in [2.45, 2.75) is 44.6 Å². The van der Waals surface area contributed by atoms with Crippen molar-refractivity contribution in [3.63, 3.8) is 0 Å². The molecule has 0 aromatic heterocycles. The Hall–Kier alpha value is -4.14. The van der Waals surface area contributed by atoms with Gasteiger partial charge in [-0.2, -0.15) is 0 Å². The van der Waals surface area contributed by atoms with Crippen LogP contribution in [-0.2, 0) is 29.2 Å². The van der Waals surface area contributed by atoms with E-state index in [9.17, 15) is 14.7 Å². The van der Waals surface area contributed by atoms with E-state index in [2.05, 4.69) is 24.1 Å². The highest BCUT2D eigenvalue weighted by atomic mass is 16.7. The minimum Gasteiger partial charge on any atom is -0.392 e. The summed E-state index contributed by atoms with van der Waals surface area (Å²) in [5.41, 5.74) is 5.75. The Morgan fingerprint density at radius 1 is 0.738 bits per heavy atom. The predicted molar refractivity (Wildman–Crippen MR) is 158 cm³/mol. The summed E-state index contributed by atoms with van der Waals surface area (Å²) in [6.45, 7) is 1.75. The zero-order valence-electron chi connectivity index (χ0n) is 23.6. The van der Waals surface area contributed by atoms with Gasteiger partial charge in [-0.05, 0) is 41.4 Å². The van der Waals surface area contributed by atoms with Gasteiger partial charge in [-0.15, -0.1) is 0 Å². The maximum atomic E-state index is 12.8. The number of hydrogen-bond donors (Lipinski definition) is 1. The zero-order chi connectivity index (χ0) is 29.1. The molecule has 7 heteroatoms. The van der Waals surface area contributed by atoms with Crippen LogP contribution in [0.15, 0.2) is 103 Å². The maximum Gasteiger partial charge on any atom is 0.261 e. The van der Waals surface area contributed by atoms with Gasteiger partial charge in [0.25, 0.3) is 11.8 Å². The molecule has 0 radical (unpaired) electrons. The summed E-state index contributed by atoms with van der Waals surface area (Å²) in [5.74, 6) is -0.535. The number of amides is 2. The largest absolute Gasteiger partial charge is 0.392 e. The molecule has 2 aliphatic rings. The molecule has 2 amide bonds. The summed E-state index contributed by atoms with van der Waals surface area (Å²) in [7, 11) is 2.10. The van der Waals surface area contributed by atoms with Gasteiger partial charge >= 0.3 is 0 Å². The average Bonchev–Trinajstić information content (AvgIpc) is 3.26. The Bertz CT molecular complexity index is 1500. The minimum atomic E-state index is -0.579. The number of rotatable bonds is 9.